The number of piperazine rings is 1. The van der Waals surface area contributed by atoms with E-state index in [0.717, 1.165) is 23.9 Å². The third kappa shape index (κ3) is 5.72. The van der Waals surface area contributed by atoms with Gasteiger partial charge in [0.15, 0.2) is 0 Å². The van der Waals surface area contributed by atoms with E-state index in [2.05, 4.69) is 4.98 Å². The number of nitrogens with zero attached hydrogens (tertiary/aromatic N) is 4. The number of rotatable bonds is 5. The van der Waals surface area contributed by atoms with Crippen molar-refractivity contribution >= 4 is 52.4 Å². The van der Waals surface area contributed by atoms with E-state index >= 15 is 0 Å². The minimum Gasteiger partial charge on any atom is -0.352 e. The monoisotopic (exact) mass is 494 g/mol. The van der Waals surface area contributed by atoms with Crippen LogP contribution in [-0.2, 0) is 11.0 Å². The van der Waals surface area contributed by atoms with Crippen molar-refractivity contribution in [3.63, 3.8) is 0 Å². The first-order valence-electron chi connectivity index (χ1n) is 8.88. The van der Waals surface area contributed by atoms with E-state index in [-0.39, 0.29) is 16.6 Å². The molecular formula is C18H15Cl2F3N4O3S. The summed E-state index contributed by atoms with van der Waals surface area (Å²) in [5, 5.41) is 12.0. The van der Waals surface area contributed by atoms with Gasteiger partial charge in [0.05, 0.1) is 31.2 Å². The molecule has 0 N–H and O–H groups in total. The molecule has 1 aromatic carbocycles. The van der Waals surface area contributed by atoms with Crippen LogP contribution in [0.1, 0.15) is 5.56 Å². The van der Waals surface area contributed by atoms with Crippen LogP contribution >= 0.6 is 35.0 Å². The highest BCUT2D eigenvalue weighted by atomic mass is 35.5. The van der Waals surface area contributed by atoms with E-state index in [1.165, 1.54) is 6.20 Å². The minimum absolute atomic E-state index is 0.00197. The molecule has 1 saturated heterocycles. The molecule has 0 atom stereocenters. The van der Waals surface area contributed by atoms with Gasteiger partial charge in [-0.15, -0.1) is 11.8 Å². The van der Waals surface area contributed by atoms with E-state index in [1.54, 1.807) is 11.0 Å². The number of aromatic nitrogens is 1. The Kier molecular flexibility index (Phi) is 7.17. The van der Waals surface area contributed by atoms with Gasteiger partial charge in [-0.05, 0) is 18.2 Å². The highest BCUT2D eigenvalue weighted by molar-refractivity contribution is 8.00. The first-order valence-corrected chi connectivity index (χ1v) is 10.6. The molecule has 0 radical (unpaired) electrons. The Morgan fingerprint density at radius 3 is 2.45 bits per heavy atom. The molecule has 7 nitrogen and oxygen atoms in total. The molecule has 0 saturated carbocycles. The largest absolute Gasteiger partial charge is 0.416 e. The van der Waals surface area contributed by atoms with Crippen molar-refractivity contribution in [2.24, 2.45) is 0 Å². The fourth-order valence-electron chi connectivity index (χ4n) is 3.00. The Morgan fingerprint density at radius 2 is 1.87 bits per heavy atom. The lowest BCUT2D eigenvalue weighted by molar-refractivity contribution is -0.388. The molecule has 1 aliphatic heterocycles. The highest BCUT2D eigenvalue weighted by Crippen LogP contribution is 2.36. The summed E-state index contributed by atoms with van der Waals surface area (Å²) in [5.74, 6) is 0.161. The van der Waals surface area contributed by atoms with Crippen molar-refractivity contribution in [1.29, 1.82) is 0 Å². The van der Waals surface area contributed by atoms with Crippen LogP contribution in [-0.4, -0.2) is 52.6 Å². The number of hydrogen-bond acceptors (Lipinski definition) is 6. The summed E-state index contributed by atoms with van der Waals surface area (Å²) in [6.45, 7) is 1.72. The molecule has 1 amide bonds. The van der Waals surface area contributed by atoms with Gasteiger partial charge in [0.25, 0.3) is 5.69 Å². The number of halogens is 5. The number of anilines is 1. The number of amides is 1. The lowest BCUT2D eigenvalue weighted by atomic mass is 10.2. The Bertz CT molecular complexity index is 1000. The average molecular weight is 495 g/mol. The second-order valence-corrected chi connectivity index (χ2v) is 8.41. The number of hydrogen-bond donors (Lipinski definition) is 0. The van der Waals surface area contributed by atoms with Crippen molar-refractivity contribution in [3.05, 3.63) is 56.2 Å². The van der Waals surface area contributed by atoms with Gasteiger partial charge in [-0.25, -0.2) is 4.98 Å². The van der Waals surface area contributed by atoms with Crippen molar-refractivity contribution in [3.8, 4) is 0 Å². The van der Waals surface area contributed by atoms with Gasteiger partial charge >= 0.3 is 6.18 Å². The topological polar surface area (TPSA) is 79.6 Å². The van der Waals surface area contributed by atoms with E-state index in [9.17, 15) is 28.1 Å². The zero-order chi connectivity index (χ0) is 22.8. The van der Waals surface area contributed by atoms with Gasteiger partial charge in [-0.3, -0.25) is 14.9 Å². The molecule has 2 aromatic rings. The van der Waals surface area contributed by atoms with Crippen molar-refractivity contribution in [2.45, 2.75) is 11.1 Å². The first-order chi connectivity index (χ1) is 14.6. The maximum absolute atomic E-state index is 12.8. The Balaban J connectivity index is 1.60. The Labute approximate surface area is 189 Å². The van der Waals surface area contributed by atoms with Crippen LogP contribution in [0.15, 0.2) is 35.4 Å². The summed E-state index contributed by atoms with van der Waals surface area (Å²) in [6.07, 6.45) is -3.21. The van der Waals surface area contributed by atoms with Gasteiger partial charge in [0.1, 0.15) is 5.82 Å². The number of benzene rings is 1. The number of carbonyl (C=O) groups is 1. The summed E-state index contributed by atoms with van der Waals surface area (Å²) in [7, 11) is 0. The minimum atomic E-state index is -4.69. The molecule has 0 bridgehead atoms. The summed E-state index contributed by atoms with van der Waals surface area (Å²) >= 11 is 12.8. The normalized spacial score (nSPS) is 14.6. The number of thioether (sulfide) groups is 1. The van der Waals surface area contributed by atoms with Crippen molar-refractivity contribution < 1.29 is 22.9 Å². The maximum Gasteiger partial charge on any atom is 0.416 e. The molecule has 1 fully saturated rings. The fourth-order valence-corrected chi connectivity index (χ4v) is 4.40. The molecule has 0 spiro atoms. The van der Waals surface area contributed by atoms with E-state index < -0.39 is 22.4 Å². The van der Waals surface area contributed by atoms with Gasteiger partial charge in [-0.1, -0.05) is 23.2 Å². The molecule has 0 aliphatic carbocycles. The molecule has 0 unspecified atom stereocenters. The standard InChI is InChI=1S/C18H15Cl2F3N4O3S/c19-12-8-13(20)17(24-9-12)26-5-3-25(4-6-26)16(28)10-31-15-2-1-11(18(21,22)23)7-14(15)27(29)30/h1-2,7-9H,3-6,10H2. The van der Waals surface area contributed by atoms with Crippen molar-refractivity contribution in [1.82, 2.24) is 9.88 Å². The maximum atomic E-state index is 12.8. The van der Waals surface area contributed by atoms with Crippen LogP contribution in [0.25, 0.3) is 0 Å². The Morgan fingerprint density at radius 1 is 1.19 bits per heavy atom. The van der Waals surface area contributed by atoms with Crippen LogP contribution in [0.2, 0.25) is 10.0 Å². The van der Waals surface area contributed by atoms with Crippen molar-refractivity contribution in [2.75, 3.05) is 36.8 Å². The molecule has 31 heavy (non-hydrogen) atoms. The number of nitro groups is 1. The van der Waals surface area contributed by atoms with E-state index in [4.69, 9.17) is 23.2 Å². The second-order valence-electron chi connectivity index (χ2n) is 6.55. The molecule has 13 heteroatoms. The van der Waals surface area contributed by atoms with Gasteiger partial charge in [0, 0.05) is 38.4 Å². The molecule has 1 aromatic heterocycles. The number of alkyl halides is 3. The SMILES string of the molecule is O=C(CSc1ccc(C(F)(F)F)cc1[N+](=O)[O-])N1CCN(c2ncc(Cl)cc2Cl)CC1. The van der Waals surface area contributed by atoms with Gasteiger partial charge < -0.3 is 9.80 Å². The molecule has 166 valence electrons. The molecular weight excluding hydrogens is 480 g/mol. The van der Waals surface area contributed by atoms with Gasteiger partial charge in [0.2, 0.25) is 5.91 Å². The molecule has 3 rings (SSSR count). The zero-order valence-electron chi connectivity index (χ0n) is 15.7. The molecule has 2 heterocycles. The van der Waals surface area contributed by atoms with Crippen LogP contribution in [0.3, 0.4) is 0 Å². The van der Waals surface area contributed by atoms with Crippen LogP contribution in [0, 0.1) is 10.1 Å². The quantitative estimate of drug-likeness (QED) is 0.338. The molecule has 1 aliphatic rings. The third-order valence-corrected chi connectivity index (χ3v) is 6.09. The smallest absolute Gasteiger partial charge is 0.352 e. The lowest BCUT2D eigenvalue weighted by Gasteiger charge is -2.35. The Hall–Kier alpha value is -2.24. The van der Waals surface area contributed by atoms with Crippen LogP contribution in [0.4, 0.5) is 24.7 Å². The first kappa shape index (κ1) is 23.4. The van der Waals surface area contributed by atoms with Crippen LogP contribution < -0.4 is 4.90 Å². The highest BCUT2D eigenvalue weighted by Gasteiger charge is 2.33. The number of nitro benzene ring substituents is 1. The fraction of sp³-hybridized carbons (Fsp3) is 0.333. The van der Waals surface area contributed by atoms with Crippen LogP contribution in [0.5, 0.6) is 0 Å². The summed E-state index contributed by atoms with van der Waals surface area (Å²) < 4.78 is 38.4. The second kappa shape index (κ2) is 9.49. The number of pyridine rings is 1. The predicted octanol–water partition coefficient (Wildman–Crippen LogP) is 4.76. The van der Waals surface area contributed by atoms with E-state index in [1.807, 2.05) is 4.90 Å². The van der Waals surface area contributed by atoms with E-state index in [0.29, 0.717) is 48.1 Å². The zero-order valence-corrected chi connectivity index (χ0v) is 18.1. The number of carbonyl (C=O) groups excluding carboxylic acids is 1. The summed E-state index contributed by atoms with van der Waals surface area (Å²) in [4.78, 5) is 30.5. The average Bonchev–Trinajstić information content (AvgIpc) is 2.71. The van der Waals surface area contributed by atoms with Gasteiger partial charge in [-0.2, -0.15) is 13.2 Å². The third-order valence-electron chi connectivity index (χ3n) is 4.55. The lowest BCUT2D eigenvalue weighted by Crippen LogP contribution is -2.49. The summed E-state index contributed by atoms with van der Waals surface area (Å²) in [5.41, 5.74) is -1.79. The predicted molar refractivity (Wildman–Crippen MR) is 112 cm³/mol. The summed E-state index contributed by atoms with van der Waals surface area (Å²) in [6, 6.07) is 3.84.